The second-order valence-corrected chi connectivity index (χ2v) is 5.02. The molecule has 18 heavy (non-hydrogen) atoms. The molecule has 0 atom stereocenters. The molecular formula is C15H22N3+. The fraction of sp³-hybridized carbons (Fsp3) is 0.467. The molecule has 0 radical (unpaired) electrons. The van der Waals surface area contributed by atoms with E-state index < -0.39 is 0 Å². The molecule has 0 aliphatic heterocycles. The summed E-state index contributed by atoms with van der Waals surface area (Å²) in [6.07, 6.45) is 4.25. The van der Waals surface area contributed by atoms with Crippen molar-refractivity contribution in [3.63, 3.8) is 0 Å². The summed E-state index contributed by atoms with van der Waals surface area (Å²) < 4.78 is 4.15. The van der Waals surface area contributed by atoms with E-state index in [-0.39, 0.29) is 0 Å². The summed E-state index contributed by atoms with van der Waals surface area (Å²) >= 11 is 0. The Hall–Kier alpha value is -1.64. The zero-order valence-electron chi connectivity index (χ0n) is 11.8. The molecule has 1 aromatic heterocycles. The fourth-order valence-corrected chi connectivity index (χ4v) is 2.24. The SMILES string of the molecule is CCCc1nn(Cc2ccc(C)cc2C)c[n+]1C. The van der Waals surface area contributed by atoms with E-state index in [1.165, 1.54) is 16.7 Å². The first-order valence-electron chi connectivity index (χ1n) is 6.58. The van der Waals surface area contributed by atoms with Crippen molar-refractivity contribution in [2.75, 3.05) is 0 Å². The molecule has 2 rings (SSSR count). The minimum Gasteiger partial charge on any atom is -0.237 e. The Balaban J connectivity index is 2.20. The maximum Gasteiger partial charge on any atom is 0.277 e. The van der Waals surface area contributed by atoms with Gasteiger partial charge < -0.3 is 0 Å². The van der Waals surface area contributed by atoms with Gasteiger partial charge in [0.2, 0.25) is 6.33 Å². The van der Waals surface area contributed by atoms with E-state index in [4.69, 9.17) is 0 Å². The molecule has 3 heteroatoms. The number of aryl methyl sites for hydroxylation is 4. The molecule has 0 amide bonds. The molecule has 0 aliphatic rings. The summed E-state index contributed by atoms with van der Waals surface area (Å²) in [6, 6.07) is 6.59. The number of aromatic nitrogens is 3. The third-order valence-corrected chi connectivity index (χ3v) is 3.26. The summed E-state index contributed by atoms with van der Waals surface area (Å²) in [7, 11) is 2.07. The summed E-state index contributed by atoms with van der Waals surface area (Å²) in [4.78, 5) is 0. The zero-order valence-corrected chi connectivity index (χ0v) is 11.8. The van der Waals surface area contributed by atoms with Gasteiger partial charge in [0, 0.05) is 11.5 Å². The second-order valence-electron chi connectivity index (χ2n) is 5.02. The van der Waals surface area contributed by atoms with Crippen LogP contribution < -0.4 is 4.57 Å². The first-order chi connectivity index (χ1) is 8.60. The molecule has 96 valence electrons. The molecule has 0 fully saturated rings. The average Bonchev–Trinajstić information content (AvgIpc) is 2.64. The van der Waals surface area contributed by atoms with Crippen molar-refractivity contribution in [1.82, 2.24) is 9.78 Å². The number of nitrogens with zero attached hydrogens (tertiary/aromatic N) is 3. The molecule has 0 aliphatic carbocycles. The third-order valence-electron chi connectivity index (χ3n) is 3.26. The van der Waals surface area contributed by atoms with E-state index in [1.807, 2.05) is 4.68 Å². The molecule has 3 nitrogen and oxygen atoms in total. The maximum absolute atomic E-state index is 4.64. The monoisotopic (exact) mass is 244 g/mol. The van der Waals surface area contributed by atoms with Crippen molar-refractivity contribution < 1.29 is 4.57 Å². The highest BCUT2D eigenvalue weighted by Crippen LogP contribution is 2.11. The topological polar surface area (TPSA) is 21.7 Å². The number of hydrogen-bond donors (Lipinski definition) is 0. The summed E-state index contributed by atoms with van der Waals surface area (Å²) in [5.74, 6) is 1.15. The van der Waals surface area contributed by atoms with Gasteiger partial charge in [0.25, 0.3) is 5.82 Å². The Morgan fingerprint density at radius 3 is 2.72 bits per heavy atom. The third kappa shape index (κ3) is 2.78. The van der Waals surface area contributed by atoms with Crippen LogP contribution in [0, 0.1) is 13.8 Å². The average molecular weight is 244 g/mol. The Kier molecular flexibility index (Phi) is 3.80. The van der Waals surface area contributed by atoms with Gasteiger partial charge in [-0.05, 0) is 31.4 Å². The van der Waals surface area contributed by atoms with Crippen LogP contribution in [0.1, 0.15) is 35.9 Å². The number of rotatable bonds is 4. The smallest absolute Gasteiger partial charge is 0.237 e. The van der Waals surface area contributed by atoms with Gasteiger partial charge in [0.15, 0.2) is 0 Å². The fourth-order valence-electron chi connectivity index (χ4n) is 2.24. The van der Waals surface area contributed by atoms with E-state index in [0.717, 1.165) is 25.2 Å². The normalized spacial score (nSPS) is 10.9. The molecule has 0 saturated heterocycles. The molecule has 0 spiro atoms. The second kappa shape index (κ2) is 5.34. The highest BCUT2D eigenvalue weighted by molar-refractivity contribution is 5.30. The van der Waals surface area contributed by atoms with Crippen molar-refractivity contribution in [3.05, 3.63) is 47.0 Å². The van der Waals surface area contributed by atoms with Crippen LogP contribution in [0.15, 0.2) is 24.5 Å². The van der Waals surface area contributed by atoms with E-state index in [2.05, 4.69) is 62.0 Å². The van der Waals surface area contributed by atoms with Crippen LogP contribution in [-0.4, -0.2) is 9.78 Å². The zero-order chi connectivity index (χ0) is 13.1. The van der Waals surface area contributed by atoms with Gasteiger partial charge in [-0.25, -0.2) is 4.57 Å². The lowest BCUT2D eigenvalue weighted by Gasteiger charge is -2.03. The van der Waals surface area contributed by atoms with Crippen molar-refractivity contribution >= 4 is 0 Å². The van der Waals surface area contributed by atoms with Crippen molar-refractivity contribution in [2.24, 2.45) is 7.05 Å². The Labute approximate surface area is 109 Å². The summed E-state index contributed by atoms with van der Waals surface area (Å²) in [5.41, 5.74) is 3.99. The van der Waals surface area contributed by atoms with Gasteiger partial charge in [-0.15, -0.1) is 4.68 Å². The van der Waals surface area contributed by atoms with Crippen LogP contribution in [0.2, 0.25) is 0 Å². The van der Waals surface area contributed by atoms with E-state index in [9.17, 15) is 0 Å². The van der Waals surface area contributed by atoms with Crippen LogP contribution in [0.4, 0.5) is 0 Å². The van der Waals surface area contributed by atoms with Gasteiger partial charge >= 0.3 is 0 Å². The Bertz CT molecular complexity index is 541. The molecule has 0 saturated carbocycles. The van der Waals surface area contributed by atoms with Gasteiger partial charge in [0.05, 0.1) is 7.05 Å². The van der Waals surface area contributed by atoms with Gasteiger partial charge in [-0.1, -0.05) is 30.7 Å². The molecule has 2 aromatic rings. The predicted octanol–water partition coefficient (Wildman–Crippen LogP) is 2.33. The summed E-state index contributed by atoms with van der Waals surface area (Å²) in [5, 5.41) is 4.64. The van der Waals surface area contributed by atoms with Crippen LogP contribution in [0.3, 0.4) is 0 Å². The predicted molar refractivity (Wildman–Crippen MR) is 72.4 cm³/mol. The molecule has 1 aromatic carbocycles. The molecule has 0 N–H and O–H groups in total. The standard InChI is InChI=1S/C15H22N3/c1-5-6-15-16-18(11-17(15)4)10-14-8-7-12(2)9-13(14)3/h7-9,11H,5-6,10H2,1-4H3/q+1. The van der Waals surface area contributed by atoms with Crippen LogP contribution in [0.25, 0.3) is 0 Å². The summed E-state index contributed by atoms with van der Waals surface area (Å²) in [6.45, 7) is 7.33. The first-order valence-corrected chi connectivity index (χ1v) is 6.58. The van der Waals surface area contributed by atoms with Gasteiger partial charge in [-0.3, -0.25) is 0 Å². The lowest BCUT2D eigenvalue weighted by Crippen LogP contribution is -2.30. The highest BCUT2D eigenvalue weighted by Gasteiger charge is 2.13. The first kappa shape index (κ1) is 12.8. The van der Waals surface area contributed by atoms with Crippen LogP contribution in [0.5, 0.6) is 0 Å². The Morgan fingerprint density at radius 1 is 1.28 bits per heavy atom. The van der Waals surface area contributed by atoms with Crippen molar-refractivity contribution in [1.29, 1.82) is 0 Å². The Morgan fingerprint density at radius 2 is 2.06 bits per heavy atom. The van der Waals surface area contributed by atoms with Crippen LogP contribution >= 0.6 is 0 Å². The molecule has 0 unspecified atom stereocenters. The number of benzene rings is 1. The maximum atomic E-state index is 4.64. The highest BCUT2D eigenvalue weighted by atomic mass is 15.4. The quantitative estimate of drug-likeness (QED) is 0.756. The van der Waals surface area contributed by atoms with E-state index in [0.29, 0.717) is 0 Å². The van der Waals surface area contributed by atoms with Crippen molar-refractivity contribution in [3.8, 4) is 0 Å². The molecule has 0 bridgehead atoms. The molecular weight excluding hydrogens is 222 g/mol. The molecule has 1 heterocycles. The lowest BCUT2D eigenvalue weighted by molar-refractivity contribution is -0.679. The van der Waals surface area contributed by atoms with E-state index >= 15 is 0 Å². The largest absolute Gasteiger partial charge is 0.277 e. The van der Waals surface area contributed by atoms with Gasteiger partial charge in [-0.2, -0.15) is 0 Å². The van der Waals surface area contributed by atoms with Crippen LogP contribution in [-0.2, 0) is 20.0 Å². The van der Waals surface area contributed by atoms with E-state index in [1.54, 1.807) is 0 Å². The minimum absolute atomic E-state index is 0.851. The lowest BCUT2D eigenvalue weighted by atomic mass is 10.1. The van der Waals surface area contributed by atoms with Gasteiger partial charge in [0.1, 0.15) is 6.54 Å². The number of hydrogen-bond acceptors (Lipinski definition) is 1. The minimum atomic E-state index is 0.851. The van der Waals surface area contributed by atoms with Crippen molar-refractivity contribution in [2.45, 2.75) is 40.2 Å².